The van der Waals surface area contributed by atoms with Crippen molar-refractivity contribution in [2.24, 2.45) is 5.92 Å². The average molecular weight is 242 g/mol. The molecule has 2 heterocycles. The standard InChI is InChI=1S/C15H18N2O/c1-11-15(18-10-14-6-7-16-14)8-13(9-17-11)5-4-12-2-3-12/h8-9,12,14,16H,2-3,6-7,10H2,1H3. The minimum atomic E-state index is 0.505. The Morgan fingerprint density at radius 1 is 1.44 bits per heavy atom. The summed E-state index contributed by atoms with van der Waals surface area (Å²) < 4.78 is 5.81. The Morgan fingerprint density at radius 3 is 2.94 bits per heavy atom. The zero-order chi connectivity index (χ0) is 12.4. The lowest BCUT2D eigenvalue weighted by molar-refractivity contribution is 0.216. The van der Waals surface area contributed by atoms with Crippen LogP contribution in [0.2, 0.25) is 0 Å². The minimum Gasteiger partial charge on any atom is -0.490 e. The van der Waals surface area contributed by atoms with Crippen molar-refractivity contribution in [3.8, 4) is 17.6 Å². The number of hydrogen-bond donors (Lipinski definition) is 1. The second-order valence-electron chi connectivity index (χ2n) is 5.10. The zero-order valence-electron chi connectivity index (χ0n) is 10.7. The van der Waals surface area contributed by atoms with Crippen molar-refractivity contribution in [2.45, 2.75) is 32.2 Å². The highest BCUT2D eigenvalue weighted by atomic mass is 16.5. The molecule has 1 aliphatic carbocycles. The van der Waals surface area contributed by atoms with Crippen LogP contribution in [0.1, 0.15) is 30.5 Å². The van der Waals surface area contributed by atoms with E-state index in [1.54, 1.807) is 0 Å². The Labute approximate surface area is 108 Å². The Hall–Kier alpha value is -1.53. The minimum absolute atomic E-state index is 0.505. The molecule has 1 aromatic rings. The highest BCUT2D eigenvalue weighted by Gasteiger charge is 2.18. The highest BCUT2D eigenvalue weighted by molar-refractivity contribution is 5.40. The number of rotatable bonds is 3. The van der Waals surface area contributed by atoms with Crippen molar-refractivity contribution in [3.05, 3.63) is 23.5 Å². The third-order valence-electron chi connectivity index (χ3n) is 3.40. The van der Waals surface area contributed by atoms with Crippen LogP contribution in [0.25, 0.3) is 0 Å². The van der Waals surface area contributed by atoms with Gasteiger partial charge < -0.3 is 10.1 Å². The van der Waals surface area contributed by atoms with Gasteiger partial charge in [0.2, 0.25) is 0 Å². The number of aryl methyl sites for hydroxylation is 1. The number of nitrogens with one attached hydrogen (secondary N) is 1. The summed E-state index contributed by atoms with van der Waals surface area (Å²) in [6, 6.07) is 2.52. The number of nitrogens with zero attached hydrogens (tertiary/aromatic N) is 1. The van der Waals surface area contributed by atoms with Gasteiger partial charge in [-0.15, -0.1) is 0 Å². The van der Waals surface area contributed by atoms with Gasteiger partial charge in [0.1, 0.15) is 12.4 Å². The van der Waals surface area contributed by atoms with Gasteiger partial charge in [-0.3, -0.25) is 4.98 Å². The predicted molar refractivity (Wildman–Crippen MR) is 70.5 cm³/mol. The summed E-state index contributed by atoms with van der Waals surface area (Å²) in [7, 11) is 0. The Balaban J connectivity index is 1.67. The van der Waals surface area contributed by atoms with Crippen LogP contribution in [0.15, 0.2) is 12.3 Å². The second kappa shape index (κ2) is 4.99. The van der Waals surface area contributed by atoms with Crippen molar-refractivity contribution >= 4 is 0 Å². The Morgan fingerprint density at radius 2 is 2.28 bits per heavy atom. The van der Waals surface area contributed by atoms with Crippen molar-refractivity contribution in [1.29, 1.82) is 0 Å². The van der Waals surface area contributed by atoms with E-state index in [1.165, 1.54) is 19.3 Å². The summed E-state index contributed by atoms with van der Waals surface area (Å²) in [5.74, 6) is 7.92. The normalized spacial score (nSPS) is 21.7. The van der Waals surface area contributed by atoms with Crippen LogP contribution in [-0.2, 0) is 0 Å². The molecule has 1 unspecified atom stereocenters. The van der Waals surface area contributed by atoms with Gasteiger partial charge in [-0.1, -0.05) is 11.8 Å². The Bertz CT molecular complexity index is 493. The molecule has 1 saturated heterocycles. The van der Waals surface area contributed by atoms with Gasteiger partial charge in [-0.05, 0) is 38.8 Å². The van der Waals surface area contributed by atoms with E-state index in [0.29, 0.717) is 12.0 Å². The van der Waals surface area contributed by atoms with Gasteiger partial charge in [0.15, 0.2) is 0 Å². The van der Waals surface area contributed by atoms with Crippen LogP contribution in [0.3, 0.4) is 0 Å². The van der Waals surface area contributed by atoms with Gasteiger partial charge in [0.25, 0.3) is 0 Å². The first-order chi connectivity index (χ1) is 8.81. The van der Waals surface area contributed by atoms with Gasteiger partial charge >= 0.3 is 0 Å². The lowest BCUT2D eigenvalue weighted by Gasteiger charge is -2.27. The molecule has 0 spiro atoms. The summed E-state index contributed by atoms with van der Waals surface area (Å²) in [6.07, 6.45) is 5.54. The molecule has 0 amide bonds. The van der Waals surface area contributed by atoms with E-state index in [0.717, 1.165) is 30.2 Å². The summed E-state index contributed by atoms with van der Waals surface area (Å²) in [5, 5.41) is 3.32. The summed E-state index contributed by atoms with van der Waals surface area (Å²) in [4.78, 5) is 4.35. The number of ether oxygens (including phenoxy) is 1. The summed E-state index contributed by atoms with van der Waals surface area (Å²) in [5.41, 5.74) is 1.90. The largest absolute Gasteiger partial charge is 0.490 e. The van der Waals surface area contributed by atoms with Crippen LogP contribution in [0, 0.1) is 24.7 Å². The highest BCUT2D eigenvalue weighted by Crippen LogP contribution is 2.27. The average Bonchev–Trinajstić information content (AvgIpc) is 3.11. The Kier molecular flexibility index (Phi) is 3.21. The molecule has 0 radical (unpaired) electrons. The third-order valence-corrected chi connectivity index (χ3v) is 3.40. The van der Waals surface area contributed by atoms with Crippen molar-refractivity contribution in [3.63, 3.8) is 0 Å². The predicted octanol–water partition coefficient (Wildman–Crippen LogP) is 1.89. The van der Waals surface area contributed by atoms with Crippen LogP contribution in [0.5, 0.6) is 5.75 Å². The van der Waals surface area contributed by atoms with Crippen LogP contribution in [0.4, 0.5) is 0 Å². The quantitative estimate of drug-likeness (QED) is 0.822. The maximum atomic E-state index is 5.81. The van der Waals surface area contributed by atoms with Gasteiger partial charge in [-0.25, -0.2) is 0 Å². The van der Waals surface area contributed by atoms with Gasteiger partial charge in [0.05, 0.1) is 5.69 Å². The first-order valence-corrected chi connectivity index (χ1v) is 6.65. The molecule has 3 heteroatoms. The number of hydrogen-bond acceptors (Lipinski definition) is 3. The smallest absolute Gasteiger partial charge is 0.141 e. The number of aromatic nitrogens is 1. The van der Waals surface area contributed by atoms with E-state index in [-0.39, 0.29) is 0 Å². The van der Waals surface area contributed by atoms with E-state index >= 15 is 0 Å². The van der Waals surface area contributed by atoms with E-state index in [9.17, 15) is 0 Å². The van der Waals surface area contributed by atoms with E-state index in [4.69, 9.17) is 4.74 Å². The molecule has 18 heavy (non-hydrogen) atoms. The summed E-state index contributed by atoms with van der Waals surface area (Å²) >= 11 is 0. The second-order valence-corrected chi connectivity index (χ2v) is 5.10. The molecule has 94 valence electrons. The fraction of sp³-hybridized carbons (Fsp3) is 0.533. The van der Waals surface area contributed by atoms with Crippen LogP contribution in [-0.4, -0.2) is 24.2 Å². The third kappa shape index (κ3) is 2.83. The van der Waals surface area contributed by atoms with E-state index in [1.807, 2.05) is 19.2 Å². The maximum absolute atomic E-state index is 5.81. The van der Waals surface area contributed by atoms with Gasteiger partial charge in [-0.2, -0.15) is 0 Å². The molecule has 1 aliphatic heterocycles. The molecule has 1 N–H and O–H groups in total. The fourth-order valence-electron chi connectivity index (χ4n) is 1.82. The molecule has 1 aromatic heterocycles. The molecule has 2 aliphatic rings. The molecular weight excluding hydrogens is 224 g/mol. The molecular formula is C15H18N2O. The first-order valence-electron chi connectivity index (χ1n) is 6.65. The van der Waals surface area contributed by atoms with Crippen LogP contribution >= 0.6 is 0 Å². The number of pyridine rings is 1. The van der Waals surface area contributed by atoms with E-state index < -0.39 is 0 Å². The van der Waals surface area contributed by atoms with Gasteiger partial charge in [0, 0.05) is 23.7 Å². The zero-order valence-corrected chi connectivity index (χ0v) is 10.7. The van der Waals surface area contributed by atoms with Crippen LogP contribution < -0.4 is 10.1 Å². The molecule has 3 nitrogen and oxygen atoms in total. The van der Waals surface area contributed by atoms with E-state index in [2.05, 4.69) is 22.1 Å². The van der Waals surface area contributed by atoms with Crippen molar-refractivity contribution in [2.75, 3.05) is 13.2 Å². The summed E-state index contributed by atoms with van der Waals surface area (Å²) in [6.45, 7) is 3.81. The topological polar surface area (TPSA) is 34.1 Å². The molecule has 3 rings (SSSR count). The molecule has 1 atom stereocenters. The first kappa shape index (κ1) is 11.6. The monoisotopic (exact) mass is 242 g/mol. The SMILES string of the molecule is Cc1ncc(C#CC2CC2)cc1OCC1CCN1. The fourth-order valence-corrected chi connectivity index (χ4v) is 1.82. The van der Waals surface area contributed by atoms with Crippen molar-refractivity contribution < 1.29 is 4.74 Å². The lowest BCUT2D eigenvalue weighted by atomic mass is 10.1. The molecule has 1 saturated carbocycles. The molecule has 2 fully saturated rings. The van der Waals surface area contributed by atoms with Crippen molar-refractivity contribution in [1.82, 2.24) is 10.3 Å². The molecule has 0 bridgehead atoms. The maximum Gasteiger partial charge on any atom is 0.141 e. The lowest BCUT2D eigenvalue weighted by Crippen LogP contribution is -2.46. The molecule has 0 aromatic carbocycles.